The molecule has 8 aromatic rings. The average Bonchev–Trinajstić information content (AvgIpc) is 3.37. The van der Waals surface area contributed by atoms with Crippen LogP contribution in [0.2, 0.25) is 0 Å². The van der Waals surface area contributed by atoms with Crippen LogP contribution in [0.5, 0.6) is 11.5 Å². The Balaban J connectivity index is 1.41. The molecule has 0 unspecified atom stereocenters. The molecule has 0 aliphatic rings. The number of benzene rings is 6. The lowest BCUT2D eigenvalue weighted by Crippen LogP contribution is -1.93. The lowest BCUT2D eigenvalue weighted by Gasteiger charge is -2.18. The summed E-state index contributed by atoms with van der Waals surface area (Å²) in [6, 6.07) is 40.7. The van der Waals surface area contributed by atoms with Crippen molar-refractivity contribution < 1.29 is 4.74 Å². The summed E-state index contributed by atoms with van der Waals surface area (Å²) in [6.07, 6.45) is 3.83. The molecule has 0 aliphatic heterocycles. The van der Waals surface area contributed by atoms with Crippen LogP contribution in [0.1, 0.15) is 0 Å². The fraction of sp³-hybridized carbons (Fsp3) is 0. The summed E-state index contributed by atoms with van der Waals surface area (Å²) >= 11 is 1.78. The zero-order valence-corrected chi connectivity index (χ0v) is 21.2. The second-order valence-electron chi connectivity index (χ2n) is 9.57. The van der Waals surface area contributed by atoms with E-state index in [-0.39, 0.29) is 0 Å². The Morgan fingerprint density at radius 1 is 0.553 bits per heavy atom. The SMILES string of the molecule is c1ccc2cc(-c3c4ccccc4c(Oc4cccc5c4sc4ccccc45)c4ccncc34)ccc2c1. The molecule has 0 atom stereocenters. The minimum atomic E-state index is 0.868. The van der Waals surface area contributed by atoms with Gasteiger partial charge in [0.1, 0.15) is 11.5 Å². The first-order chi connectivity index (χ1) is 18.8. The number of nitrogens with zero attached hydrogens (tertiary/aromatic N) is 1. The molecule has 6 aromatic carbocycles. The first kappa shape index (κ1) is 21.4. The molecule has 0 saturated carbocycles. The summed E-state index contributed by atoms with van der Waals surface area (Å²) in [7, 11) is 0. The van der Waals surface area contributed by atoms with Crippen LogP contribution in [-0.2, 0) is 0 Å². The topological polar surface area (TPSA) is 22.1 Å². The van der Waals surface area contributed by atoms with Gasteiger partial charge in [-0.15, -0.1) is 11.3 Å². The van der Waals surface area contributed by atoms with Gasteiger partial charge in [-0.3, -0.25) is 4.98 Å². The third kappa shape index (κ3) is 3.22. The standard InChI is InChI=1S/C35H21NOS/c1-2-9-23-20-24(17-16-22(23)8-1)33-26-11-3-4-12-27(26)34(28-18-19-36-21-30(28)33)37-31-14-7-13-29-25-10-5-6-15-32(25)38-35(29)31/h1-21H. The zero-order valence-electron chi connectivity index (χ0n) is 20.4. The van der Waals surface area contributed by atoms with Crippen molar-refractivity contribution in [3.8, 4) is 22.6 Å². The number of aromatic nitrogens is 1. The first-order valence-corrected chi connectivity index (χ1v) is 13.5. The third-order valence-corrected chi connectivity index (χ3v) is 8.60. The minimum absolute atomic E-state index is 0.868. The fourth-order valence-electron chi connectivity index (χ4n) is 5.66. The van der Waals surface area contributed by atoms with Gasteiger partial charge in [0.15, 0.2) is 0 Å². The molecule has 0 spiro atoms. The first-order valence-electron chi connectivity index (χ1n) is 12.7. The normalized spacial score (nSPS) is 11.7. The second kappa shape index (κ2) is 8.41. The molecule has 0 N–H and O–H groups in total. The number of ether oxygens (including phenoxy) is 1. The minimum Gasteiger partial charge on any atom is -0.455 e. The van der Waals surface area contributed by atoms with E-state index in [9.17, 15) is 0 Å². The predicted octanol–water partition coefficient (Wildman–Crippen LogP) is 10.4. The van der Waals surface area contributed by atoms with Crippen LogP contribution in [-0.4, -0.2) is 4.98 Å². The maximum Gasteiger partial charge on any atom is 0.145 e. The van der Waals surface area contributed by atoms with E-state index in [4.69, 9.17) is 4.74 Å². The van der Waals surface area contributed by atoms with Gasteiger partial charge in [0.2, 0.25) is 0 Å². The van der Waals surface area contributed by atoms with Gasteiger partial charge in [-0.05, 0) is 51.6 Å². The summed E-state index contributed by atoms with van der Waals surface area (Å²) < 4.78 is 9.32. The summed E-state index contributed by atoms with van der Waals surface area (Å²) in [4.78, 5) is 4.54. The Hall–Kier alpha value is -4.73. The second-order valence-corrected chi connectivity index (χ2v) is 10.6. The monoisotopic (exact) mass is 503 g/mol. The number of fused-ring (bicyclic) bond motifs is 6. The fourth-order valence-corrected chi connectivity index (χ4v) is 6.81. The van der Waals surface area contributed by atoms with Crippen LogP contribution in [0.15, 0.2) is 128 Å². The molecule has 0 amide bonds. The van der Waals surface area contributed by atoms with E-state index in [1.165, 1.54) is 42.1 Å². The van der Waals surface area contributed by atoms with Crippen molar-refractivity contribution in [1.29, 1.82) is 0 Å². The largest absolute Gasteiger partial charge is 0.455 e. The average molecular weight is 504 g/mol. The summed E-state index contributed by atoms with van der Waals surface area (Å²) in [5.74, 6) is 1.75. The highest BCUT2D eigenvalue weighted by atomic mass is 32.1. The van der Waals surface area contributed by atoms with Crippen molar-refractivity contribution in [2.75, 3.05) is 0 Å². The van der Waals surface area contributed by atoms with Crippen molar-refractivity contribution in [2.45, 2.75) is 0 Å². The molecule has 2 heterocycles. The molecule has 8 rings (SSSR count). The highest BCUT2D eigenvalue weighted by Gasteiger charge is 2.19. The van der Waals surface area contributed by atoms with E-state index in [2.05, 4.69) is 120 Å². The Kier molecular flexibility index (Phi) is 4.73. The van der Waals surface area contributed by atoms with Crippen LogP contribution >= 0.6 is 11.3 Å². The van der Waals surface area contributed by atoms with E-state index in [1.807, 2.05) is 12.4 Å². The van der Waals surface area contributed by atoms with Crippen molar-refractivity contribution in [3.63, 3.8) is 0 Å². The van der Waals surface area contributed by atoms with Crippen LogP contribution in [0.25, 0.3) is 63.6 Å². The molecule has 2 aromatic heterocycles. The highest BCUT2D eigenvalue weighted by molar-refractivity contribution is 7.26. The lowest BCUT2D eigenvalue weighted by molar-refractivity contribution is 0.500. The molecular formula is C35H21NOS. The molecule has 0 saturated heterocycles. The molecular weight excluding hydrogens is 482 g/mol. The molecule has 2 nitrogen and oxygen atoms in total. The van der Waals surface area contributed by atoms with E-state index in [0.717, 1.165) is 33.0 Å². The van der Waals surface area contributed by atoms with Crippen molar-refractivity contribution in [1.82, 2.24) is 4.98 Å². The van der Waals surface area contributed by atoms with E-state index in [1.54, 1.807) is 11.3 Å². The van der Waals surface area contributed by atoms with E-state index < -0.39 is 0 Å². The zero-order chi connectivity index (χ0) is 25.1. The predicted molar refractivity (Wildman–Crippen MR) is 162 cm³/mol. The van der Waals surface area contributed by atoms with Gasteiger partial charge in [-0.25, -0.2) is 0 Å². The van der Waals surface area contributed by atoms with E-state index >= 15 is 0 Å². The lowest BCUT2D eigenvalue weighted by atomic mass is 9.91. The van der Waals surface area contributed by atoms with Gasteiger partial charge in [0.05, 0.1) is 4.70 Å². The molecule has 0 aliphatic carbocycles. The van der Waals surface area contributed by atoms with Crippen molar-refractivity contribution >= 4 is 63.8 Å². The van der Waals surface area contributed by atoms with Crippen LogP contribution < -0.4 is 4.74 Å². The van der Waals surface area contributed by atoms with Crippen LogP contribution in [0.4, 0.5) is 0 Å². The number of pyridine rings is 1. The molecule has 0 fully saturated rings. The Bertz CT molecular complexity index is 2120. The van der Waals surface area contributed by atoms with Crippen molar-refractivity contribution in [3.05, 3.63) is 128 Å². The molecule has 3 heteroatoms. The Morgan fingerprint density at radius 2 is 1.29 bits per heavy atom. The number of rotatable bonds is 3. The quantitative estimate of drug-likeness (QED) is 0.224. The number of hydrogen-bond acceptors (Lipinski definition) is 3. The van der Waals surface area contributed by atoms with E-state index in [0.29, 0.717) is 0 Å². The number of hydrogen-bond donors (Lipinski definition) is 0. The maximum absolute atomic E-state index is 6.89. The summed E-state index contributed by atoms with van der Waals surface area (Å²) in [5, 5.41) is 9.34. The Morgan fingerprint density at radius 3 is 2.21 bits per heavy atom. The summed E-state index contributed by atoms with van der Waals surface area (Å²) in [5.41, 5.74) is 2.36. The molecule has 38 heavy (non-hydrogen) atoms. The highest BCUT2D eigenvalue weighted by Crippen LogP contribution is 2.47. The molecule has 178 valence electrons. The van der Waals surface area contributed by atoms with Gasteiger partial charge in [0.25, 0.3) is 0 Å². The van der Waals surface area contributed by atoms with Crippen molar-refractivity contribution in [2.24, 2.45) is 0 Å². The van der Waals surface area contributed by atoms with Crippen LogP contribution in [0.3, 0.4) is 0 Å². The smallest absolute Gasteiger partial charge is 0.145 e. The third-order valence-electron chi connectivity index (χ3n) is 7.39. The molecule has 0 bridgehead atoms. The van der Waals surface area contributed by atoms with Crippen LogP contribution in [0, 0.1) is 0 Å². The van der Waals surface area contributed by atoms with Gasteiger partial charge >= 0.3 is 0 Å². The summed E-state index contributed by atoms with van der Waals surface area (Å²) in [6.45, 7) is 0. The van der Waals surface area contributed by atoms with Gasteiger partial charge in [-0.1, -0.05) is 91.0 Å². The van der Waals surface area contributed by atoms with Gasteiger partial charge in [-0.2, -0.15) is 0 Å². The van der Waals surface area contributed by atoms with Gasteiger partial charge in [0, 0.05) is 44.0 Å². The number of thiophene rings is 1. The van der Waals surface area contributed by atoms with Gasteiger partial charge < -0.3 is 4.74 Å². The molecule has 0 radical (unpaired) electrons. The maximum atomic E-state index is 6.89. The Labute approximate surface area is 223 Å².